The summed E-state index contributed by atoms with van der Waals surface area (Å²) in [5.41, 5.74) is 1.16. The van der Waals surface area contributed by atoms with E-state index in [9.17, 15) is 5.11 Å². The van der Waals surface area contributed by atoms with Crippen LogP contribution in [-0.2, 0) is 4.74 Å². The minimum Gasteiger partial charge on any atom is -0.389 e. The highest BCUT2D eigenvalue weighted by atomic mass is 16.5. The monoisotopic (exact) mass is 173 g/mol. The third-order valence-corrected chi connectivity index (χ3v) is 1.47. The molecule has 0 amide bonds. The first kappa shape index (κ1) is 11.6. The van der Waals surface area contributed by atoms with Crippen molar-refractivity contribution in [3.8, 4) is 0 Å². The maximum absolute atomic E-state index is 9.20. The number of nitrogens with one attached hydrogen (secondary N) is 1. The van der Waals surface area contributed by atoms with E-state index in [0.29, 0.717) is 13.2 Å². The number of hydrogen-bond acceptors (Lipinski definition) is 3. The molecular weight excluding hydrogens is 154 g/mol. The van der Waals surface area contributed by atoms with E-state index in [2.05, 4.69) is 11.9 Å². The van der Waals surface area contributed by atoms with Gasteiger partial charge in [-0.05, 0) is 19.9 Å². The van der Waals surface area contributed by atoms with Crippen LogP contribution in [0.15, 0.2) is 12.2 Å². The first-order valence-electron chi connectivity index (χ1n) is 4.19. The van der Waals surface area contributed by atoms with E-state index in [4.69, 9.17) is 4.74 Å². The summed E-state index contributed by atoms with van der Waals surface area (Å²) in [6, 6.07) is 0. The Morgan fingerprint density at radius 3 is 2.83 bits per heavy atom. The van der Waals surface area contributed by atoms with Crippen molar-refractivity contribution in [3.63, 3.8) is 0 Å². The topological polar surface area (TPSA) is 41.5 Å². The summed E-state index contributed by atoms with van der Waals surface area (Å²) < 4.78 is 4.77. The van der Waals surface area contributed by atoms with Crippen LogP contribution in [0.25, 0.3) is 0 Å². The molecule has 0 saturated carbocycles. The summed E-state index contributed by atoms with van der Waals surface area (Å²) in [7, 11) is 1.58. The Labute approximate surface area is 74.4 Å². The van der Waals surface area contributed by atoms with Crippen LogP contribution in [-0.4, -0.2) is 38.0 Å². The van der Waals surface area contributed by atoms with Gasteiger partial charge in [0.2, 0.25) is 0 Å². The summed E-state index contributed by atoms with van der Waals surface area (Å²) >= 11 is 0. The van der Waals surface area contributed by atoms with Gasteiger partial charge in [-0.1, -0.05) is 5.57 Å². The van der Waals surface area contributed by atoms with Crippen molar-refractivity contribution in [1.29, 1.82) is 0 Å². The molecule has 0 aliphatic heterocycles. The molecule has 0 heterocycles. The molecule has 1 unspecified atom stereocenters. The molecule has 12 heavy (non-hydrogen) atoms. The Morgan fingerprint density at radius 2 is 2.33 bits per heavy atom. The Morgan fingerprint density at radius 1 is 1.67 bits per heavy atom. The van der Waals surface area contributed by atoms with Crippen molar-refractivity contribution < 1.29 is 9.84 Å². The van der Waals surface area contributed by atoms with E-state index >= 15 is 0 Å². The van der Waals surface area contributed by atoms with Crippen molar-refractivity contribution in [2.75, 3.05) is 26.8 Å². The SMILES string of the molecule is C=C(C)CCNCC(O)COC. The van der Waals surface area contributed by atoms with Crippen molar-refractivity contribution in [2.24, 2.45) is 0 Å². The molecule has 3 nitrogen and oxygen atoms in total. The number of hydrogen-bond donors (Lipinski definition) is 2. The number of methoxy groups -OCH3 is 1. The average molecular weight is 173 g/mol. The number of ether oxygens (including phenoxy) is 1. The Bertz CT molecular complexity index is 126. The highest BCUT2D eigenvalue weighted by Crippen LogP contribution is 1.91. The van der Waals surface area contributed by atoms with Gasteiger partial charge in [-0.25, -0.2) is 0 Å². The average Bonchev–Trinajstić information content (AvgIpc) is 1.98. The molecule has 0 aliphatic rings. The fourth-order valence-electron chi connectivity index (χ4n) is 0.822. The second kappa shape index (κ2) is 7.28. The van der Waals surface area contributed by atoms with Gasteiger partial charge >= 0.3 is 0 Å². The zero-order chi connectivity index (χ0) is 9.40. The summed E-state index contributed by atoms with van der Waals surface area (Å²) in [4.78, 5) is 0. The maximum Gasteiger partial charge on any atom is 0.0897 e. The molecule has 0 aromatic carbocycles. The van der Waals surface area contributed by atoms with Crippen molar-refractivity contribution in [3.05, 3.63) is 12.2 Å². The zero-order valence-electron chi connectivity index (χ0n) is 7.97. The van der Waals surface area contributed by atoms with E-state index in [0.717, 1.165) is 18.5 Å². The predicted molar refractivity (Wildman–Crippen MR) is 50.2 cm³/mol. The van der Waals surface area contributed by atoms with Crippen molar-refractivity contribution in [2.45, 2.75) is 19.4 Å². The molecular formula is C9H19NO2. The van der Waals surface area contributed by atoms with Crippen LogP contribution in [0, 0.1) is 0 Å². The quantitative estimate of drug-likeness (QED) is 0.436. The molecule has 72 valence electrons. The molecule has 0 radical (unpaired) electrons. The lowest BCUT2D eigenvalue weighted by Crippen LogP contribution is -2.30. The van der Waals surface area contributed by atoms with Crippen LogP contribution >= 0.6 is 0 Å². The van der Waals surface area contributed by atoms with Gasteiger partial charge in [0, 0.05) is 13.7 Å². The molecule has 0 rings (SSSR count). The lowest BCUT2D eigenvalue weighted by molar-refractivity contribution is 0.0648. The smallest absolute Gasteiger partial charge is 0.0897 e. The van der Waals surface area contributed by atoms with Gasteiger partial charge in [0.15, 0.2) is 0 Å². The highest BCUT2D eigenvalue weighted by molar-refractivity contribution is 4.88. The van der Waals surface area contributed by atoms with Gasteiger partial charge in [-0.15, -0.1) is 6.58 Å². The number of aliphatic hydroxyl groups is 1. The van der Waals surface area contributed by atoms with Crippen LogP contribution in [0.4, 0.5) is 0 Å². The fourth-order valence-corrected chi connectivity index (χ4v) is 0.822. The van der Waals surface area contributed by atoms with E-state index in [1.54, 1.807) is 7.11 Å². The summed E-state index contributed by atoms with van der Waals surface area (Å²) in [5.74, 6) is 0. The molecule has 3 heteroatoms. The van der Waals surface area contributed by atoms with Gasteiger partial charge in [0.1, 0.15) is 0 Å². The predicted octanol–water partition coefficient (Wildman–Crippen LogP) is 0.549. The third kappa shape index (κ3) is 7.72. The first-order chi connectivity index (χ1) is 5.66. The second-order valence-corrected chi connectivity index (χ2v) is 3.02. The Hall–Kier alpha value is -0.380. The largest absolute Gasteiger partial charge is 0.389 e. The summed E-state index contributed by atoms with van der Waals surface area (Å²) in [6.45, 7) is 7.62. The van der Waals surface area contributed by atoms with Gasteiger partial charge < -0.3 is 15.2 Å². The Kier molecular flexibility index (Phi) is 7.05. The van der Waals surface area contributed by atoms with Crippen LogP contribution in [0.1, 0.15) is 13.3 Å². The molecule has 1 atom stereocenters. The molecule has 0 aromatic rings. The van der Waals surface area contributed by atoms with Gasteiger partial charge in [0.05, 0.1) is 12.7 Å². The minimum atomic E-state index is -0.403. The van der Waals surface area contributed by atoms with Crippen LogP contribution in [0.5, 0.6) is 0 Å². The molecule has 0 fully saturated rings. The van der Waals surface area contributed by atoms with E-state index < -0.39 is 6.10 Å². The fraction of sp³-hybridized carbons (Fsp3) is 0.778. The zero-order valence-corrected chi connectivity index (χ0v) is 7.97. The van der Waals surface area contributed by atoms with Crippen molar-refractivity contribution in [1.82, 2.24) is 5.32 Å². The van der Waals surface area contributed by atoms with E-state index in [1.165, 1.54) is 0 Å². The molecule has 0 saturated heterocycles. The highest BCUT2D eigenvalue weighted by Gasteiger charge is 2.00. The molecule has 0 spiro atoms. The first-order valence-corrected chi connectivity index (χ1v) is 4.19. The third-order valence-electron chi connectivity index (χ3n) is 1.47. The van der Waals surface area contributed by atoms with Gasteiger partial charge in [-0.2, -0.15) is 0 Å². The second-order valence-electron chi connectivity index (χ2n) is 3.02. The number of aliphatic hydroxyl groups excluding tert-OH is 1. The lowest BCUT2D eigenvalue weighted by atomic mass is 10.2. The maximum atomic E-state index is 9.20. The van der Waals surface area contributed by atoms with Crippen LogP contribution < -0.4 is 5.32 Å². The lowest BCUT2D eigenvalue weighted by Gasteiger charge is -2.10. The van der Waals surface area contributed by atoms with Gasteiger partial charge in [0.25, 0.3) is 0 Å². The normalized spacial score (nSPS) is 12.9. The molecule has 0 aliphatic carbocycles. The molecule has 2 N–H and O–H groups in total. The van der Waals surface area contributed by atoms with Gasteiger partial charge in [-0.3, -0.25) is 0 Å². The molecule has 0 bridgehead atoms. The van der Waals surface area contributed by atoms with Crippen LogP contribution in [0.3, 0.4) is 0 Å². The van der Waals surface area contributed by atoms with E-state index in [-0.39, 0.29) is 0 Å². The Balaban J connectivity index is 3.13. The molecule has 0 aromatic heterocycles. The van der Waals surface area contributed by atoms with Crippen molar-refractivity contribution >= 4 is 0 Å². The number of rotatable bonds is 7. The summed E-state index contributed by atoms with van der Waals surface area (Å²) in [5, 5.41) is 12.3. The van der Waals surface area contributed by atoms with Crippen LogP contribution in [0.2, 0.25) is 0 Å². The van der Waals surface area contributed by atoms with E-state index in [1.807, 2.05) is 6.92 Å². The minimum absolute atomic E-state index is 0.389. The standard InChI is InChI=1S/C9H19NO2/c1-8(2)4-5-10-6-9(11)7-12-3/h9-11H,1,4-7H2,2-3H3. The summed E-state index contributed by atoms with van der Waals surface area (Å²) in [6.07, 6.45) is 0.555.